The van der Waals surface area contributed by atoms with Gasteiger partial charge in [-0.25, -0.2) is 4.68 Å². The van der Waals surface area contributed by atoms with Crippen molar-refractivity contribution in [3.8, 4) is 11.4 Å². The maximum atomic E-state index is 5.98. The molecule has 6 heteroatoms. The monoisotopic (exact) mass is 279 g/mol. The van der Waals surface area contributed by atoms with Crippen LogP contribution in [-0.2, 0) is 6.54 Å². The minimum Gasteiger partial charge on any atom is -0.398 e. The van der Waals surface area contributed by atoms with Crippen LogP contribution in [0.25, 0.3) is 11.4 Å². The fourth-order valence-corrected chi connectivity index (χ4v) is 2.23. The molecule has 0 fully saturated rings. The highest BCUT2D eigenvalue weighted by atomic mass is 35.5. The molecule has 19 heavy (non-hydrogen) atoms. The molecule has 0 radical (unpaired) electrons. The zero-order valence-electron chi connectivity index (χ0n) is 11.2. The van der Waals surface area contributed by atoms with E-state index in [4.69, 9.17) is 17.3 Å². The summed E-state index contributed by atoms with van der Waals surface area (Å²) in [5.41, 5.74) is 7.39. The predicted octanol–water partition coefficient (Wildman–Crippen LogP) is 3.01. The highest BCUT2D eigenvalue weighted by Crippen LogP contribution is 2.27. The maximum Gasteiger partial charge on any atom is 0.184 e. The van der Waals surface area contributed by atoms with Crippen LogP contribution in [0.2, 0.25) is 5.02 Å². The molecule has 0 atom stereocenters. The van der Waals surface area contributed by atoms with Gasteiger partial charge in [-0.3, -0.25) is 0 Å². The molecule has 0 aliphatic heterocycles. The Morgan fingerprint density at radius 3 is 2.68 bits per heavy atom. The molecular weight excluding hydrogens is 262 g/mol. The normalized spacial score (nSPS) is 11.2. The molecular formula is C13H18ClN5. The van der Waals surface area contributed by atoms with Crippen molar-refractivity contribution in [3.05, 3.63) is 23.2 Å². The highest BCUT2D eigenvalue weighted by molar-refractivity contribution is 6.31. The first-order valence-corrected chi connectivity index (χ1v) is 6.85. The number of hydrogen-bond donors (Lipinski definition) is 1. The fourth-order valence-electron chi connectivity index (χ4n) is 2.05. The SMILES string of the molecule is CCC(CC)Cn1nnnc1-c1ccc(Cl)cc1N. The van der Waals surface area contributed by atoms with Crippen molar-refractivity contribution in [2.24, 2.45) is 5.92 Å². The van der Waals surface area contributed by atoms with E-state index in [1.165, 1.54) is 0 Å². The van der Waals surface area contributed by atoms with Crippen molar-refractivity contribution >= 4 is 17.3 Å². The lowest BCUT2D eigenvalue weighted by molar-refractivity contribution is 0.393. The molecule has 2 rings (SSSR count). The number of anilines is 1. The van der Waals surface area contributed by atoms with Crippen LogP contribution < -0.4 is 5.73 Å². The molecule has 1 aromatic carbocycles. The second-order valence-corrected chi connectivity index (χ2v) is 5.04. The summed E-state index contributed by atoms with van der Waals surface area (Å²) in [5, 5.41) is 12.5. The third kappa shape index (κ3) is 3.04. The van der Waals surface area contributed by atoms with Crippen molar-refractivity contribution in [1.82, 2.24) is 20.2 Å². The number of aromatic nitrogens is 4. The zero-order chi connectivity index (χ0) is 13.8. The van der Waals surface area contributed by atoms with Crippen molar-refractivity contribution in [3.63, 3.8) is 0 Å². The van der Waals surface area contributed by atoms with Gasteiger partial charge >= 0.3 is 0 Å². The first-order valence-electron chi connectivity index (χ1n) is 6.47. The summed E-state index contributed by atoms with van der Waals surface area (Å²) in [6.45, 7) is 5.15. The largest absolute Gasteiger partial charge is 0.398 e. The molecule has 0 unspecified atom stereocenters. The van der Waals surface area contributed by atoms with Crippen LogP contribution >= 0.6 is 11.6 Å². The Balaban J connectivity index is 2.33. The smallest absolute Gasteiger partial charge is 0.184 e. The molecule has 0 amide bonds. The van der Waals surface area contributed by atoms with Gasteiger partial charge in [-0.2, -0.15) is 0 Å². The summed E-state index contributed by atoms with van der Waals surface area (Å²) in [6.07, 6.45) is 2.21. The van der Waals surface area contributed by atoms with Crippen LogP contribution in [0.15, 0.2) is 18.2 Å². The fraction of sp³-hybridized carbons (Fsp3) is 0.462. The van der Waals surface area contributed by atoms with Gasteiger partial charge < -0.3 is 5.73 Å². The molecule has 0 bridgehead atoms. The quantitative estimate of drug-likeness (QED) is 0.854. The number of hydrogen-bond acceptors (Lipinski definition) is 4. The van der Waals surface area contributed by atoms with Crippen LogP contribution in [-0.4, -0.2) is 20.2 Å². The van der Waals surface area contributed by atoms with E-state index in [-0.39, 0.29) is 0 Å². The average Bonchev–Trinajstić information content (AvgIpc) is 2.84. The van der Waals surface area contributed by atoms with Gasteiger partial charge in [0.15, 0.2) is 5.82 Å². The van der Waals surface area contributed by atoms with Crippen molar-refractivity contribution in [2.45, 2.75) is 33.2 Å². The lowest BCUT2D eigenvalue weighted by Gasteiger charge is -2.13. The highest BCUT2D eigenvalue weighted by Gasteiger charge is 2.14. The van der Waals surface area contributed by atoms with Crippen molar-refractivity contribution in [1.29, 1.82) is 0 Å². The minimum atomic E-state index is 0.566. The van der Waals surface area contributed by atoms with E-state index < -0.39 is 0 Å². The van der Waals surface area contributed by atoms with Gasteiger partial charge in [0, 0.05) is 22.8 Å². The Hall–Kier alpha value is -1.62. The lowest BCUT2D eigenvalue weighted by atomic mass is 10.0. The molecule has 1 heterocycles. The Bertz CT molecular complexity index is 548. The van der Waals surface area contributed by atoms with Gasteiger partial charge in [-0.05, 0) is 34.5 Å². The van der Waals surface area contributed by atoms with Gasteiger partial charge in [0.1, 0.15) is 0 Å². The molecule has 0 aliphatic carbocycles. The van der Waals surface area contributed by atoms with Gasteiger partial charge in [-0.15, -0.1) is 5.10 Å². The molecule has 0 saturated carbocycles. The summed E-state index contributed by atoms with van der Waals surface area (Å²) < 4.78 is 1.82. The molecule has 1 aromatic heterocycles. The van der Waals surface area contributed by atoms with E-state index in [2.05, 4.69) is 29.4 Å². The maximum absolute atomic E-state index is 5.98. The van der Waals surface area contributed by atoms with E-state index in [0.29, 0.717) is 22.5 Å². The minimum absolute atomic E-state index is 0.566. The molecule has 5 nitrogen and oxygen atoms in total. The Kier molecular flexibility index (Phi) is 4.37. The van der Waals surface area contributed by atoms with Crippen LogP contribution in [0.4, 0.5) is 5.69 Å². The number of tetrazole rings is 1. The summed E-state index contributed by atoms with van der Waals surface area (Å²) in [5.74, 6) is 1.26. The van der Waals surface area contributed by atoms with Crippen LogP contribution in [0.3, 0.4) is 0 Å². The van der Waals surface area contributed by atoms with Crippen LogP contribution in [0.1, 0.15) is 26.7 Å². The van der Waals surface area contributed by atoms with Gasteiger partial charge in [-0.1, -0.05) is 38.3 Å². The van der Waals surface area contributed by atoms with E-state index in [1.807, 2.05) is 10.7 Å². The summed E-state index contributed by atoms with van der Waals surface area (Å²) in [6, 6.07) is 5.36. The summed E-state index contributed by atoms with van der Waals surface area (Å²) >= 11 is 5.91. The Morgan fingerprint density at radius 2 is 2.05 bits per heavy atom. The molecule has 0 spiro atoms. The third-order valence-corrected chi connectivity index (χ3v) is 3.61. The van der Waals surface area contributed by atoms with Crippen molar-refractivity contribution in [2.75, 3.05) is 5.73 Å². The second-order valence-electron chi connectivity index (χ2n) is 4.60. The number of rotatable bonds is 5. The van der Waals surface area contributed by atoms with Gasteiger partial charge in [0.2, 0.25) is 0 Å². The Labute approximate surface area is 117 Å². The van der Waals surface area contributed by atoms with Crippen LogP contribution in [0, 0.1) is 5.92 Å². The second kappa shape index (κ2) is 6.02. The van der Waals surface area contributed by atoms with Gasteiger partial charge in [0.05, 0.1) is 0 Å². The van der Waals surface area contributed by atoms with E-state index in [9.17, 15) is 0 Å². The van der Waals surface area contributed by atoms with Crippen LogP contribution in [0.5, 0.6) is 0 Å². The predicted molar refractivity (Wildman–Crippen MR) is 76.7 cm³/mol. The molecule has 2 aromatic rings. The summed E-state index contributed by atoms with van der Waals surface area (Å²) in [7, 11) is 0. The first-order chi connectivity index (χ1) is 9.15. The van der Waals surface area contributed by atoms with E-state index >= 15 is 0 Å². The number of nitrogens with zero attached hydrogens (tertiary/aromatic N) is 4. The molecule has 0 aliphatic rings. The van der Waals surface area contributed by atoms with E-state index in [1.54, 1.807) is 12.1 Å². The molecule has 102 valence electrons. The standard InChI is InChI=1S/C13H18ClN5/c1-3-9(4-2)8-19-13(16-17-18-19)11-6-5-10(14)7-12(11)15/h5-7,9H,3-4,8,15H2,1-2H3. The number of benzene rings is 1. The number of nitrogens with two attached hydrogens (primary N) is 1. The van der Waals surface area contributed by atoms with Crippen molar-refractivity contribution < 1.29 is 0 Å². The first kappa shape index (κ1) is 13.8. The lowest BCUT2D eigenvalue weighted by Crippen LogP contribution is -2.12. The zero-order valence-corrected chi connectivity index (χ0v) is 11.9. The number of nitrogen functional groups attached to an aromatic ring is 1. The molecule has 0 saturated heterocycles. The molecule has 2 N–H and O–H groups in total. The third-order valence-electron chi connectivity index (χ3n) is 3.37. The average molecular weight is 280 g/mol. The number of halogens is 1. The summed E-state index contributed by atoms with van der Waals surface area (Å²) in [4.78, 5) is 0. The van der Waals surface area contributed by atoms with E-state index in [0.717, 1.165) is 24.9 Å². The topological polar surface area (TPSA) is 69.6 Å². The Morgan fingerprint density at radius 1 is 1.32 bits per heavy atom. The van der Waals surface area contributed by atoms with Gasteiger partial charge in [0.25, 0.3) is 0 Å².